The predicted octanol–water partition coefficient (Wildman–Crippen LogP) is 1.99. The first kappa shape index (κ1) is 6.81. The maximum absolute atomic E-state index is 5.30. The van der Waals surface area contributed by atoms with Crippen molar-refractivity contribution in [3.63, 3.8) is 0 Å². The fraction of sp³-hybridized carbons (Fsp3) is 1.00. The Balaban J connectivity index is 1.99. The predicted molar refractivity (Wildman–Crippen MR) is 42.5 cm³/mol. The Morgan fingerprint density at radius 1 is 1.50 bits per heavy atom. The third kappa shape index (κ3) is 1.58. The lowest BCUT2D eigenvalue weighted by atomic mass is 10.2. The first-order valence-corrected chi connectivity index (χ1v) is 4.62. The maximum Gasteiger partial charge on any atom is 0.0931 e. The molecule has 2 unspecified atom stereocenters. The van der Waals surface area contributed by atoms with Gasteiger partial charge in [-0.3, -0.25) is 0 Å². The smallest absolute Gasteiger partial charge is 0.0931 e. The molecule has 0 aromatic carbocycles. The molecule has 1 rings (SSSR count). The van der Waals surface area contributed by atoms with Gasteiger partial charge < -0.3 is 4.74 Å². The fourth-order valence-corrected chi connectivity index (χ4v) is 1.63. The summed E-state index contributed by atoms with van der Waals surface area (Å²) in [7, 11) is 0. The third-order valence-corrected chi connectivity index (χ3v) is 2.28. The number of epoxide rings is 1. The quantitative estimate of drug-likeness (QED) is 0.407. The molecule has 1 fully saturated rings. The van der Waals surface area contributed by atoms with Crippen LogP contribution in [0.3, 0.4) is 0 Å². The Hall–Kier alpha value is 0.690. The van der Waals surface area contributed by atoms with Crippen LogP contribution in [0.2, 0.25) is 0 Å². The molecule has 1 saturated heterocycles. The second kappa shape index (κ2) is 3.01. The first-order chi connectivity index (χ1) is 3.88. The second-order valence-corrected chi connectivity index (χ2v) is 3.04. The van der Waals surface area contributed by atoms with Gasteiger partial charge in [0.05, 0.1) is 12.2 Å². The summed E-state index contributed by atoms with van der Waals surface area (Å²) in [6.07, 6.45) is 3.75. The van der Waals surface area contributed by atoms with E-state index < -0.39 is 0 Å². The summed E-state index contributed by atoms with van der Waals surface area (Å²) >= 11 is 2.37. The summed E-state index contributed by atoms with van der Waals surface area (Å²) in [6, 6.07) is 0. The molecule has 1 heterocycles. The van der Waals surface area contributed by atoms with Gasteiger partial charge >= 0.3 is 0 Å². The zero-order chi connectivity index (χ0) is 5.98. The minimum Gasteiger partial charge on any atom is -0.369 e. The van der Waals surface area contributed by atoms with Crippen LogP contribution < -0.4 is 0 Å². The second-order valence-electron chi connectivity index (χ2n) is 2.16. The molecule has 48 valence electrons. The number of hydrogen-bond acceptors (Lipinski definition) is 1. The number of halogens is 1. The SMILES string of the molecule is CCCC1OC1CI. The molecule has 0 radical (unpaired) electrons. The molecular weight excluding hydrogens is 215 g/mol. The first-order valence-electron chi connectivity index (χ1n) is 3.10. The summed E-state index contributed by atoms with van der Waals surface area (Å²) in [4.78, 5) is 0. The van der Waals surface area contributed by atoms with Crippen molar-refractivity contribution in [3.8, 4) is 0 Å². The Morgan fingerprint density at radius 3 is 2.62 bits per heavy atom. The summed E-state index contributed by atoms with van der Waals surface area (Å²) in [6.45, 7) is 2.20. The zero-order valence-electron chi connectivity index (χ0n) is 5.06. The minimum atomic E-state index is 0.607. The van der Waals surface area contributed by atoms with Gasteiger partial charge in [-0.2, -0.15) is 0 Å². The Bertz CT molecular complexity index is 74.9. The molecule has 1 aliphatic heterocycles. The lowest BCUT2D eigenvalue weighted by Crippen LogP contribution is -1.92. The molecule has 0 aliphatic carbocycles. The number of alkyl halides is 1. The number of rotatable bonds is 3. The molecule has 8 heavy (non-hydrogen) atoms. The van der Waals surface area contributed by atoms with E-state index in [-0.39, 0.29) is 0 Å². The van der Waals surface area contributed by atoms with Gasteiger partial charge in [0, 0.05) is 4.43 Å². The van der Waals surface area contributed by atoms with Gasteiger partial charge in [0.25, 0.3) is 0 Å². The third-order valence-electron chi connectivity index (χ3n) is 1.41. The molecule has 0 aromatic heterocycles. The molecule has 0 N–H and O–H groups in total. The van der Waals surface area contributed by atoms with Crippen molar-refractivity contribution in [1.29, 1.82) is 0 Å². The van der Waals surface area contributed by atoms with Crippen LogP contribution in [0.4, 0.5) is 0 Å². The maximum atomic E-state index is 5.30. The Morgan fingerprint density at radius 2 is 2.25 bits per heavy atom. The highest BCUT2D eigenvalue weighted by atomic mass is 127. The van der Waals surface area contributed by atoms with Crippen LogP contribution in [0.1, 0.15) is 19.8 Å². The van der Waals surface area contributed by atoms with Crippen LogP contribution in [-0.4, -0.2) is 16.6 Å². The van der Waals surface area contributed by atoms with Crippen molar-refractivity contribution in [2.75, 3.05) is 4.43 Å². The summed E-state index contributed by atoms with van der Waals surface area (Å²) in [5, 5.41) is 0. The number of ether oxygens (including phenoxy) is 1. The van der Waals surface area contributed by atoms with E-state index in [9.17, 15) is 0 Å². The van der Waals surface area contributed by atoms with Gasteiger partial charge in [0.1, 0.15) is 0 Å². The van der Waals surface area contributed by atoms with Gasteiger partial charge in [-0.05, 0) is 6.42 Å². The van der Waals surface area contributed by atoms with Crippen molar-refractivity contribution in [3.05, 3.63) is 0 Å². The van der Waals surface area contributed by atoms with E-state index >= 15 is 0 Å². The van der Waals surface area contributed by atoms with Crippen LogP contribution in [-0.2, 0) is 4.74 Å². The summed E-state index contributed by atoms with van der Waals surface area (Å²) in [5.41, 5.74) is 0. The number of hydrogen-bond donors (Lipinski definition) is 0. The van der Waals surface area contributed by atoms with Crippen LogP contribution in [0, 0.1) is 0 Å². The lowest BCUT2D eigenvalue weighted by Gasteiger charge is -1.83. The van der Waals surface area contributed by atoms with E-state index in [0.29, 0.717) is 12.2 Å². The molecule has 0 aromatic rings. The van der Waals surface area contributed by atoms with Crippen molar-refractivity contribution >= 4 is 22.6 Å². The van der Waals surface area contributed by atoms with E-state index in [1.54, 1.807) is 0 Å². The van der Waals surface area contributed by atoms with Crippen molar-refractivity contribution < 1.29 is 4.74 Å². The van der Waals surface area contributed by atoms with E-state index in [2.05, 4.69) is 29.5 Å². The normalized spacial score (nSPS) is 35.2. The van der Waals surface area contributed by atoms with E-state index in [4.69, 9.17) is 4.74 Å². The van der Waals surface area contributed by atoms with Gasteiger partial charge in [-0.15, -0.1) is 0 Å². The highest BCUT2D eigenvalue weighted by Crippen LogP contribution is 2.27. The summed E-state index contributed by atoms with van der Waals surface area (Å²) in [5.74, 6) is 0. The van der Waals surface area contributed by atoms with E-state index in [1.165, 1.54) is 17.3 Å². The fourth-order valence-electron chi connectivity index (χ4n) is 0.853. The summed E-state index contributed by atoms with van der Waals surface area (Å²) < 4.78 is 6.47. The molecule has 2 heteroatoms. The van der Waals surface area contributed by atoms with Crippen molar-refractivity contribution in [2.45, 2.75) is 32.0 Å². The monoisotopic (exact) mass is 226 g/mol. The standard InChI is InChI=1S/C6H11IO/c1-2-3-5-6(4-7)8-5/h5-6H,2-4H2,1H3. The Kier molecular flexibility index (Phi) is 2.56. The van der Waals surface area contributed by atoms with Gasteiger partial charge in [0.15, 0.2) is 0 Å². The highest BCUT2D eigenvalue weighted by Gasteiger charge is 2.35. The highest BCUT2D eigenvalue weighted by molar-refractivity contribution is 14.1. The van der Waals surface area contributed by atoms with Crippen LogP contribution in [0.15, 0.2) is 0 Å². The lowest BCUT2D eigenvalue weighted by molar-refractivity contribution is 0.372. The molecule has 0 saturated carbocycles. The van der Waals surface area contributed by atoms with Gasteiger partial charge in [-0.25, -0.2) is 0 Å². The van der Waals surface area contributed by atoms with Crippen LogP contribution >= 0.6 is 22.6 Å². The molecule has 2 atom stereocenters. The van der Waals surface area contributed by atoms with Crippen LogP contribution in [0.5, 0.6) is 0 Å². The molecule has 0 spiro atoms. The minimum absolute atomic E-state index is 0.607. The molecule has 0 bridgehead atoms. The van der Waals surface area contributed by atoms with Crippen molar-refractivity contribution in [1.82, 2.24) is 0 Å². The molecule has 1 nitrogen and oxygen atoms in total. The zero-order valence-corrected chi connectivity index (χ0v) is 7.22. The molecule has 0 amide bonds. The van der Waals surface area contributed by atoms with E-state index in [1.807, 2.05) is 0 Å². The van der Waals surface area contributed by atoms with Gasteiger partial charge in [0.2, 0.25) is 0 Å². The average molecular weight is 226 g/mol. The molecular formula is C6H11IO. The largest absolute Gasteiger partial charge is 0.369 e. The van der Waals surface area contributed by atoms with Gasteiger partial charge in [-0.1, -0.05) is 35.9 Å². The van der Waals surface area contributed by atoms with Crippen LogP contribution in [0.25, 0.3) is 0 Å². The van der Waals surface area contributed by atoms with E-state index in [0.717, 1.165) is 0 Å². The van der Waals surface area contributed by atoms with Crippen molar-refractivity contribution in [2.24, 2.45) is 0 Å². The Labute approximate surface area is 63.9 Å². The topological polar surface area (TPSA) is 12.5 Å². The average Bonchev–Trinajstić information content (AvgIpc) is 2.48. The molecule has 1 aliphatic rings.